The molecule has 0 bridgehead atoms. The average molecular weight is 244 g/mol. The van der Waals surface area contributed by atoms with Crippen molar-refractivity contribution in [3.05, 3.63) is 48.6 Å². The molecule has 2 aromatic rings. The van der Waals surface area contributed by atoms with Crippen LogP contribution in [-0.2, 0) is 5.60 Å². The topological polar surface area (TPSA) is 71.8 Å². The van der Waals surface area contributed by atoms with Crippen LogP contribution in [-0.4, -0.2) is 25.0 Å². The van der Waals surface area contributed by atoms with Crippen LogP contribution in [0.5, 0.6) is 0 Å². The largest absolute Gasteiger partial charge is 0.378 e. The number of aromatic nitrogens is 4. The fraction of sp³-hybridized carbons (Fsp3) is 0.385. The van der Waals surface area contributed by atoms with E-state index in [0.29, 0.717) is 11.3 Å². The van der Waals surface area contributed by atoms with E-state index >= 15 is 0 Å². The molecule has 0 amide bonds. The minimum absolute atomic E-state index is 0.465. The summed E-state index contributed by atoms with van der Waals surface area (Å²) in [5.41, 5.74) is -0.638. The Morgan fingerprint density at radius 2 is 1.61 bits per heavy atom. The van der Waals surface area contributed by atoms with E-state index in [-0.39, 0.29) is 0 Å². The van der Waals surface area contributed by atoms with Crippen molar-refractivity contribution in [1.29, 1.82) is 0 Å². The van der Waals surface area contributed by atoms with Gasteiger partial charge < -0.3 is 5.11 Å². The van der Waals surface area contributed by atoms with Gasteiger partial charge in [0.2, 0.25) is 0 Å². The van der Waals surface area contributed by atoms with Gasteiger partial charge in [-0.05, 0) is 0 Å². The Labute approximate surface area is 106 Å². The fourth-order valence-corrected chi connectivity index (χ4v) is 1.94. The highest BCUT2D eigenvalue weighted by Gasteiger charge is 2.45. The SMILES string of the molecule is CC(C)(C)C(O)(c1cncnc1)c1cnccn1. The number of nitrogens with zero attached hydrogens (tertiary/aromatic N) is 4. The molecule has 0 spiro atoms. The van der Waals surface area contributed by atoms with Gasteiger partial charge in [-0.3, -0.25) is 9.97 Å². The first-order chi connectivity index (χ1) is 8.46. The van der Waals surface area contributed by atoms with Crippen LogP contribution in [0.3, 0.4) is 0 Å². The van der Waals surface area contributed by atoms with Crippen LogP contribution < -0.4 is 0 Å². The molecule has 18 heavy (non-hydrogen) atoms. The molecule has 0 aliphatic carbocycles. The molecule has 94 valence electrons. The minimum atomic E-state index is -1.28. The number of rotatable bonds is 2. The van der Waals surface area contributed by atoms with Gasteiger partial charge in [0.05, 0.1) is 11.9 Å². The normalized spacial score (nSPS) is 15.1. The zero-order chi connectivity index (χ0) is 13.2. The van der Waals surface area contributed by atoms with E-state index in [1.54, 1.807) is 31.0 Å². The van der Waals surface area contributed by atoms with Gasteiger partial charge in [0.25, 0.3) is 0 Å². The van der Waals surface area contributed by atoms with Crippen molar-refractivity contribution < 1.29 is 5.11 Å². The monoisotopic (exact) mass is 244 g/mol. The molecular formula is C13H16N4O. The van der Waals surface area contributed by atoms with Gasteiger partial charge in [-0.1, -0.05) is 20.8 Å². The summed E-state index contributed by atoms with van der Waals surface area (Å²) in [5, 5.41) is 11.1. The van der Waals surface area contributed by atoms with Crippen molar-refractivity contribution in [2.24, 2.45) is 5.41 Å². The van der Waals surface area contributed by atoms with E-state index in [1.165, 1.54) is 6.33 Å². The van der Waals surface area contributed by atoms with Gasteiger partial charge in [0, 0.05) is 35.8 Å². The van der Waals surface area contributed by atoms with Crippen LogP contribution in [0.2, 0.25) is 0 Å². The second kappa shape index (κ2) is 4.42. The maximum Gasteiger partial charge on any atom is 0.141 e. The van der Waals surface area contributed by atoms with Crippen molar-refractivity contribution in [2.75, 3.05) is 0 Å². The maximum atomic E-state index is 11.1. The van der Waals surface area contributed by atoms with Crippen LogP contribution in [0.1, 0.15) is 32.0 Å². The zero-order valence-corrected chi connectivity index (χ0v) is 10.7. The molecule has 1 atom stereocenters. The zero-order valence-electron chi connectivity index (χ0n) is 10.7. The van der Waals surface area contributed by atoms with Crippen molar-refractivity contribution in [3.63, 3.8) is 0 Å². The van der Waals surface area contributed by atoms with E-state index in [0.717, 1.165) is 0 Å². The molecule has 0 radical (unpaired) electrons. The molecule has 2 rings (SSSR count). The third-order valence-electron chi connectivity index (χ3n) is 3.00. The van der Waals surface area contributed by atoms with Crippen LogP contribution in [0, 0.1) is 5.41 Å². The lowest BCUT2D eigenvalue weighted by atomic mass is 9.71. The third-order valence-corrected chi connectivity index (χ3v) is 3.00. The Balaban J connectivity index is 2.63. The average Bonchev–Trinajstić information content (AvgIpc) is 2.38. The Bertz CT molecular complexity index is 468. The molecular weight excluding hydrogens is 228 g/mol. The van der Waals surface area contributed by atoms with Crippen molar-refractivity contribution in [2.45, 2.75) is 26.4 Å². The third kappa shape index (κ3) is 1.97. The molecule has 5 heteroatoms. The second-order valence-corrected chi connectivity index (χ2v) is 5.18. The highest BCUT2D eigenvalue weighted by Crippen LogP contribution is 2.42. The van der Waals surface area contributed by atoms with E-state index in [1.807, 2.05) is 20.8 Å². The van der Waals surface area contributed by atoms with E-state index in [2.05, 4.69) is 19.9 Å². The van der Waals surface area contributed by atoms with Crippen LogP contribution in [0.25, 0.3) is 0 Å². The van der Waals surface area contributed by atoms with Gasteiger partial charge in [-0.2, -0.15) is 0 Å². The summed E-state index contributed by atoms with van der Waals surface area (Å²) >= 11 is 0. The molecule has 2 heterocycles. The van der Waals surface area contributed by atoms with E-state index < -0.39 is 11.0 Å². The van der Waals surface area contributed by atoms with E-state index in [9.17, 15) is 5.11 Å². The van der Waals surface area contributed by atoms with Gasteiger partial charge in [-0.15, -0.1) is 0 Å². The summed E-state index contributed by atoms with van der Waals surface area (Å²) < 4.78 is 0. The van der Waals surface area contributed by atoms with Crippen molar-refractivity contribution >= 4 is 0 Å². The lowest BCUT2D eigenvalue weighted by Crippen LogP contribution is -2.42. The molecule has 5 nitrogen and oxygen atoms in total. The molecule has 0 saturated carbocycles. The highest BCUT2D eigenvalue weighted by molar-refractivity contribution is 5.29. The fourth-order valence-electron chi connectivity index (χ4n) is 1.94. The number of hydrogen-bond acceptors (Lipinski definition) is 5. The molecule has 2 aromatic heterocycles. The Morgan fingerprint density at radius 1 is 0.944 bits per heavy atom. The molecule has 0 fully saturated rings. The highest BCUT2D eigenvalue weighted by atomic mass is 16.3. The lowest BCUT2D eigenvalue weighted by molar-refractivity contribution is -0.0304. The summed E-state index contributed by atoms with van der Waals surface area (Å²) in [6, 6.07) is 0. The molecule has 0 saturated heterocycles. The molecule has 0 aliphatic heterocycles. The van der Waals surface area contributed by atoms with Crippen LogP contribution in [0.4, 0.5) is 0 Å². The van der Waals surface area contributed by atoms with Gasteiger partial charge >= 0.3 is 0 Å². The molecule has 0 aliphatic rings. The predicted molar refractivity (Wildman–Crippen MR) is 66.5 cm³/mol. The molecule has 1 N–H and O–H groups in total. The lowest BCUT2D eigenvalue weighted by Gasteiger charge is -2.39. The number of aliphatic hydroxyl groups is 1. The van der Waals surface area contributed by atoms with Gasteiger partial charge in [0.1, 0.15) is 11.9 Å². The van der Waals surface area contributed by atoms with Gasteiger partial charge in [0.15, 0.2) is 0 Å². The Morgan fingerprint density at radius 3 is 2.11 bits per heavy atom. The first-order valence-corrected chi connectivity index (χ1v) is 5.70. The van der Waals surface area contributed by atoms with E-state index in [4.69, 9.17) is 0 Å². The predicted octanol–water partition coefficient (Wildman–Crippen LogP) is 1.55. The van der Waals surface area contributed by atoms with Crippen LogP contribution in [0.15, 0.2) is 37.3 Å². The van der Waals surface area contributed by atoms with Crippen molar-refractivity contribution in [1.82, 2.24) is 19.9 Å². The summed E-state index contributed by atoms with van der Waals surface area (Å²) in [7, 11) is 0. The standard InChI is InChI=1S/C13H16N4O/c1-12(2,3)13(18,10-6-15-9-16-7-10)11-8-14-4-5-17-11/h4-9,18H,1-3H3. The molecule has 1 unspecified atom stereocenters. The quantitative estimate of drug-likeness (QED) is 0.867. The smallest absolute Gasteiger partial charge is 0.141 e. The Hall–Kier alpha value is -1.88. The first-order valence-electron chi connectivity index (χ1n) is 5.70. The van der Waals surface area contributed by atoms with Crippen LogP contribution >= 0.6 is 0 Å². The molecule has 0 aromatic carbocycles. The first kappa shape index (κ1) is 12.6. The summed E-state index contributed by atoms with van der Waals surface area (Å²) in [6.07, 6.45) is 9.35. The second-order valence-electron chi connectivity index (χ2n) is 5.18. The maximum absolute atomic E-state index is 11.1. The number of hydrogen-bond donors (Lipinski definition) is 1. The minimum Gasteiger partial charge on any atom is -0.378 e. The summed E-state index contributed by atoms with van der Waals surface area (Å²) in [4.78, 5) is 16.2. The summed E-state index contributed by atoms with van der Waals surface area (Å²) in [6.45, 7) is 5.82. The van der Waals surface area contributed by atoms with Crippen molar-refractivity contribution in [3.8, 4) is 0 Å². The Kier molecular flexibility index (Phi) is 3.09. The summed E-state index contributed by atoms with van der Waals surface area (Å²) in [5.74, 6) is 0. The van der Waals surface area contributed by atoms with Gasteiger partial charge in [-0.25, -0.2) is 9.97 Å².